The Morgan fingerprint density at radius 1 is 1.04 bits per heavy atom. The van der Waals surface area contributed by atoms with Crippen molar-refractivity contribution in [1.29, 1.82) is 0 Å². The summed E-state index contributed by atoms with van der Waals surface area (Å²) in [5, 5.41) is 0.490. The number of hydrogen-bond donors (Lipinski definition) is 1. The molecule has 0 aliphatic heterocycles. The van der Waals surface area contributed by atoms with Crippen LogP contribution < -0.4 is 19.2 Å². The summed E-state index contributed by atoms with van der Waals surface area (Å²) in [6.45, 7) is 0.461. The number of sulfonamides is 1. The summed E-state index contributed by atoms with van der Waals surface area (Å²) in [4.78, 5) is 30.1. The molecular weight excluding hydrogens is 679 g/mol. The molecule has 1 amide bonds. The van der Waals surface area contributed by atoms with Crippen LogP contribution in [0.1, 0.15) is 54.3 Å². The van der Waals surface area contributed by atoms with Gasteiger partial charge >= 0.3 is 12.6 Å². The zero-order chi connectivity index (χ0) is 34.5. The first kappa shape index (κ1) is 36.3. The summed E-state index contributed by atoms with van der Waals surface area (Å²) in [6, 6.07) is 8.25. The van der Waals surface area contributed by atoms with Crippen molar-refractivity contribution in [2.24, 2.45) is 11.8 Å². The van der Waals surface area contributed by atoms with Crippen LogP contribution in [0.2, 0.25) is 10.0 Å². The normalized spacial score (nSPS) is 14.5. The van der Waals surface area contributed by atoms with Crippen molar-refractivity contribution in [3.8, 4) is 11.5 Å². The van der Waals surface area contributed by atoms with Gasteiger partial charge in [0.25, 0.3) is 5.91 Å². The molecule has 4 rings (SSSR count). The minimum absolute atomic E-state index is 0.0302. The lowest BCUT2D eigenvalue weighted by molar-refractivity contribution is -0.377. The fourth-order valence-corrected chi connectivity index (χ4v) is 6.48. The highest BCUT2D eigenvalue weighted by molar-refractivity contribution is 7.89. The van der Waals surface area contributed by atoms with Crippen LogP contribution in [0.25, 0.3) is 0 Å². The number of rotatable bonds is 15. The quantitative estimate of drug-likeness (QED) is 0.199. The second kappa shape index (κ2) is 15.6. The molecule has 1 fully saturated rings. The zero-order valence-electron chi connectivity index (χ0n) is 26.1. The Morgan fingerprint density at radius 3 is 2.32 bits per heavy atom. The van der Waals surface area contributed by atoms with Crippen LogP contribution in [0.3, 0.4) is 0 Å². The Labute approximate surface area is 282 Å². The molecule has 0 bridgehead atoms. The number of carbonyl (C=O) groups excluding carboxylic acids is 2. The van der Waals surface area contributed by atoms with E-state index in [0.717, 1.165) is 12.8 Å². The molecule has 2 aromatic carbocycles. The number of carbonyl (C=O) groups is 2. The van der Waals surface area contributed by atoms with Gasteiger partial charge in [-0.2, -0.15) is 13.5 Å². The number of aromatic amines is 1. The molecule has 1 aliphatic rings. The van der Waals surface area contributed by atoms with Crippen molar-refractivity contribution in [2.75, 3.05) is 20.7 Å². The van der Waals surface area contributed by atoms with Crippen LogP contribution in [-0.2, 0) is 26.0 Å². The third kappa shape index (κ3) is 9.75. The van der Waals surface area contributed by atoms with E-state index in [1.807, 2.05) is 0 Å². The van der Waals surface area contributed by atoms with Gasteiger partial charge < -0.3 is 19.1 Å². The van der Waals surface area contributed by atoms with Gasteiger partial charge in [-0.15, -0.1) is 0 Å². The van der Waals surface area contributed by atoms with Crippen molar-refractivity contribution >= 4 is 45.1 Å². The Bertz CT molecular complexity index is 1690. The number of hydrogen-bond acceptors (Lipinski definition) is 7. The second-order valence-electron chi connectivity index (χ2n) is 11.7. The number of esters is 1. The van der Waals surface area contributed by atoms with Crippen molar-refractivity contribution < 1.29 is 46.0 Å². The second-order valence-corrected chi connectivity index (χ2v) is 14.2. The van der Waals surface area contributed by atoms with Crippen LogP contribution in [0.15, 0.2) is 59.8 Å². The molecule has 0 spiro atoms. The van der Waals surface area contributed by atoms with Gasteiger partial charge in [-0.05, 0) is 60.6 Å². The molecule has 10 nitrogen and oxygen atoms in total. The number of benzene rings is 2. The molecule has 254 valence electrons. The monoisotopic (exact) mass is 714 g/mol. The maximum absolute atomic E-state index is 13.8. The highest BCUT2D eigenvalue weighted by Crippen LogP contribution is 2.38. The summed E-state index contributed by atoms with van der Waals surface area (Å²) in [7, 11) is -1.23. The molecule has 1 saturated carbocycles. The number of amides is 1. The van der Waals surface area contributed by atoms with E-state index < -0.39 is 46.6 Å². The predicted molar refractivity (Wildman–Crippen MR) is 170 cm³/mol. The van der Waals surface area contributed by atoms with Crippen LogP contribution in [0, 0.1) is 11.8 Å². The molecule has 1 aliphatic carbocycles. The van der Waals surface area contributed by atoms with Crippen molar-refractivity contribution in [3.05, 3.63) is 81.6 Å². The highest BCUT2D eigenvalue weighted by atomic mass is 35.5. The van der Waals surface area contributed by atoms with Gasteiger partial charge in [0, 0.05) is 31.6 Å². The smallest absolute Gasteiger partial charge is 0.387 e. The summed E-state index contributed by atoms with van der Waals surface area (Å²) in [5.74, 6) is -1.76. The first-order chi connectivity index (χ1) is 22.2. The molecule has 15 heteroatoms. The van der Waals surface area contributed by atoms with Gasteiger partial charge in [0.15, 0.2) is 23.9 Å². The maximum Gasteiger partial charge on any atom is 0.387 e. The molecule has 1 heterocycles. The molecule has 0 radical (unpaired) electrons. The number of pyridine rings is 1. The van der Waals surface area contributed by atoms with E-state index in [1.165, 1.54) is 59.8 Å². The number of ether oxygens (including phenoxy) is 3. The molecule has 47 heavy (non-hydrogen) atoms. The van der Waals surface area contributed by atoms with E-state index in [1.54, 1.807) is 27.9 Å². The fourth-order valence-electron chi connectivity index (χ4n) is 4.57. The molecular formula is C32H36Cl2F2N3O7S+. The zero-order valence-corrected chi connectivity index (χ0v) is 28.5. The summed E-state index contributed by atoms with van der Waals surface area (Å²) in [5.41, 5.74) is 0.905. The molecule has 2 N–H and O–H groups in total. The molecule has 3 aromatic rings. The van der Waals surface area contributed by atoms with E-state index in [0.29, 0.717) is 17.0 Å². The van der Waals surface area contributed by atoms with Crippen molar-refractivity contribution in [2.45, 2.75) is 56.8 Å². The first-order valence-electron chi connectivity index (χ1n) is 14.8. The van der Waals surface area contributed by atoms with Gasteiger partial charge in [0.05, 0.1) is 11.5 Å². The minimum Gasteiger partial charge on any atom is -0.489 e. The van der Waals surface area contributed by atoms with E-state index >= 15 is 0 Å². The Morgan fingerprint density at radius 2 is 1.72 bits per heavy atom. The summed E-state index contributed by atoms with van der Waals surface area (Å²) in [6.07, 6.45) is 3.72. The molecule has 0 saturated heterocycles. The summed E-state index contributed by atoms with van der Waals surface area (Å²) < 4.78 is 72.2. The Balaban J connectivity index is 1.67. The van der Waals surface area contributed by atoms with Crippen LogP contribution in [0.5, 0.6) is 11.5 Å². The number of nitrogens with zero attached hydrogens (tertiary/aromatic N) is 1. The van der Waals surface area contributed by atoms with Gasteiger partial charge in [-0.1, -0.05) is 49.2 Å². The molecule has 2 atom stereocenters. The first-order valence-corrected chi connectivity index (χ1v) is 17.0. The standard InChI is InChI=1S/C32H35Cl2F2N3O7S/c1-18(2)29(38-47(42,43)22-7-5-6-21(12-22)30(40)39(3)4)31(41)45-27(14-23-24(33)15-37-16-25(23)34)20-10-11-26(46-32(35)36)28(13-20)44-17-19-8-9-19/h5-7,10-13,15-16,18-19,27,29,32,38H,8-9,14,17H2,1-4H3/p+1/t27-,29-/m0/s1. The third-order valence-corrected chi connectivity index (χ3v) is 9.49. The number of halogens is 4. The van der Waals surface area contributed by atoms with Gasteiger partial charge in [0.1, 0.15) is 22.2 Å². The average molecular weight is 716 g/mol. The minimum atomic E-state index is -4.31. The van der Waals surface area contributed by atoms with Crippen molar-refractivity contribution in [1.82, 2.24) is 9.62 Å². The molecule has 1 aromatic heterocycles. The number of nitrogens with one attached hydrogen (secondary N) is 2. The van der Waals surface area contributed by atoms with Crippen LogP contribution >= 0.6 is 23.2 Å². The predicted octanol–water partition coefficient (Wildman–Crippen LogP) is 5.73. The number of alkyl halides is 2. The van der Waals surface area contributed by atoms with Crippen molar-refractivity contribution in [3.63, 3.8) is 0 Å². The van der Waals surface area contributed by atoms with E-state index in [2.05, 4.69) is 14.4 Å². The lowest BCUT2D eigenvalue weighted by Crippen LogP contribution is -2.45. The van der Waals surface area contributed by atoms with Crippen LogP contribution in [-0.4, -0.2) is 58.5 Å². The van der Waals surface area contributed by atoms with E-state index in [4.69, 9.17) is 32.7 Å². The largest absolute Gasteiger partial charge is 0.489 e. The lowest BCUT2D eigenvalue weighted by atomic mass is 10.0. The highest BCUT2D eigenvalue weighted by Gasteiger charge is 2.33. The topological polar surface area (TPSA) is 125 Å². The van der Waals surface area contributed by atoms with E-state index in [9.17, 15) is 26.8 Å². The number of H-pyrrole nitrogens is 1. The van der Waals surface area contributed by atoms with Gasteiger partial charge in [-0.25, -0.2) is 13.4 Å². The SMILES string of the molecule is CC(C)[C@H](NS(=O)(=O)c1cccc(C(=O)N(C)C)c1)C(=O)O[C@@H](Cc1c(Cl)c[nH+]cc1Cl)c1ccc(OC(F)F)c(OCC2CC2)c1. The fraction of sp³-hybridized carbons (Fsp3) is 0.406. The van der Waals surface area contributed by atoms with E-state index in [-0.39, 0.29) is 45.0 Å². The number of aromatic nitrogens is 1. The maximum atomic E-state index is 13.8. The van der Waals surface area contributed by atoms with Crippen LogP contribution in [0.4, 0.5) is 8.78 Å². The Kier molecular flexibility index (Phi) is 12.0. The summed E-state index contributed by atoms with van der Waals surface area (Å²) >= 11 is 12.8. The average Bonchev–Trinajstić information content (AvgIpc) is 3.84. The lowest BCUT2D eigenvalue weighted by Gasteiger charge is -2.26. The van der Waals surface area contributed by atoms with Gasteiger partial charge in [-0.3, -0.25) is 9.59 Å². The van der Waals surface area contributed by atoms with Gasteiger partial charge in [0.2, 0.25) is 10.0 Å². The Hall–Kier alpha value is -3.52. The third-order valence-electron chi connectivity index (χ3n) is 7.37. The molecule has 0 unspecified atom stereocenters.